The van der Waals surface area contributed by atoms with E-state index >= 15 is 0 Å². The van der Waals surface area contributed by atoms with Crippen molar-refractivity contribution in [2.75, 3.05) is 7.11 Å². The molecule has 0 spiro atoms. The van der Waals surface area contributed by atoms with Crippen LogP contribution in [0, 0.1) is 0 Å². The van der Waals surface area contributed by atoms with Crippen LogP contribution >= 0.6 is 11.3 Å². The normalized spacial score (nSPS) is 10.4. The Kier molecular flexibility index (Phi) is 4.17. The van der Waals surface area contributed by atoms with Crippen LogP contribution in [0.1, 0.15) is 18.2 Å². The lowest BCUT2D eigenvalue weighted by Crippen LogP contribution is -1.92. The molecule has 2 aromatic rings. The van der Waals surface area contributed by atoms with Gasteiger partial charge >= 0.3 is 0 Å². The fraction of sp³-hybridized carbons (Fsp3) is 0.308. The zero-order valence-corrected chi connectivity index (χ0v) is 11.2. The van der Waals surface area contributed by atoms with Crippen molar-refractivity contribution in [2.24, 2.45) is 0 Å². The number of hydrogen-bond acceptors (Lipinski definition) is 5. The van der Waals surface area contributed by atoms with Crippen LogP contribution in [0.25, 0.3) is 0 Å². The third kappa shape index (κ3) is 2.80. The molecule has 0 bridgehead atoms. The molecule has 1 N–H and O–H groups in total. The van der Waals surface area contributed by atoms with E-state index in [2.05, 4.69) is 11.9 Å². The highest BCUT2D eigenvalue weighted by Crippen LogP contribution is 2.33. The second-order valence-corrected chi connectivity index (χ2v) is 4.52. The molecule has 0 atom stereocenters. The third-order valence-corrected chi connectivity index (χ3v) is 3.27. The standard InChI is InChI=1S/C13H15NO3S/c1-3-10-8-18-13(14-10)17-11-5-4-9(7-15)6-12(11)16-2/h4-6,8,15H,3,7H2,1-2H3. The summed E-state index contributed by atoms with van der Waals surface area (Å²) in [4.78, 5) is 4.33. The lowest BCUT2D eigenvalue weighted by molar-refractivity contribution is 0.280. The summed E-state index contributed by atoms with van der Waals surface area (Å²) in [6.07, 6.45) is 0.889. The summed E-state index contributed by atoms with van der Waals surface area (Å²) >= 11 is 1.46. The first-order valence-corrected chi connectivity index (χ1v) is 6.54. The zero-order valence-electron chi connectivity index (χ0n) is 10.3. The van der Waals surface area contributed by atoms with Gasteiger partial charge in [-0.3, -0.25) is 0 Å². The summed E-state index contributed by atoms with van der Waals surface area (Å²) in [5.41, 5.74) is 1.80. The first kappa shape index (κ1) is 12.9. The second kappa shape index (κ2) is 5.84. The van der Waals surface area contributed by atoms with Gasteiger partial charge in [0.15, 0.2) is 11.5 Å². The van der Waals surface area contributed by atoms with Gasteiger partial charge in [0.1, 0.15) is 0 Å². The van der Waals surface area contributed by atoms with E-state index in [1.807, 2.05) is 5.38 Å². The highest BCUT2D eigenvalue weighted by molar-refractivity contribution is 7.11. The van der Waals surface area contributed by atoms with Crippen molar-refractivity contribution in [1.82, 2.24) is 4.98 Å². The number of hydrogen-bond donors (Lipinski definition) is 1. The van der Waals surface area contributed by atoms with Crippen molar-refractivity contribution in [3.8, 4) is 16.7 Å². The Labute approximate surface area is 110 Å². The summed E-state index contributed by atoms with van der Waals surface area (Å²) in [5.74, 6) is 1.20. The summed E-state index contributed by atoms with van der Waals surface area (Å²) in [7, 11) is 1.57. The van der Waals surface area contributed by atoms with Crippen molar-refractivity contribution in [3.63, 3.8) is 0 Å². The van der Waals surface area contributed by atoms with Crippen LogP contribution in [0.5, 0.6) is 16.7 Å². The summed E-state index contributed by atoms with van der Waals surface area (Å²) < 4.78 is 10.9. The van der Waals surface area contributed by atoms with Gasteiger partial charge in [0.2, 0.25) is 0 Å². The minimum absolute atomic E-state index is 0.0200. The van der Waals surface area contributed by atoms with Crippen LogP contribution in [0.3, 0.4) is 0 Å². The highest BCUT2D eigenvalue weighted by atomic mass is 32.1. The van der Waals surface area contributed by atoms with E-state index in [0.717, 1.165) is 17.7 Å². The van der Waals surface area contributed by atoms with E-state index in [1.165, 1.54) is 11.3 Å². The number of benzene rings is 1. The lowest BCUT2D eigenvalue weighted by atomic mass is 10.2. The van der Waals surface area contributed by atoms with E-state index in [0.29, 0.717) is 16.7 Å². The Morgan fingerprint density at radius 2 is 2.17 bits per heavy atom. The van der Waals surface area contributed by atoms with Gasteiger partial charge in [-0.2, -0.15) is 0 Å². The number of aryl methyl sites for hydroxylation is 1. The lowest BCUT2D eigenvalue weighted by Gasteiger charge is -2.09. The van der Waals surface area contributed by atoms with Crippen LogP contribution < -0.4 is 9.47 Å². The first-order chi connectivity index (χ1) is 8.76. The third-order valence-electron chi connectivity index (χ3n) is 2.50. The average Bonchev–Trinajstić information content (AvgIpc) is 2.87. The Morgan fingerprint density at radius 1 is 1.33 bits per heavy atom. The van der Waals surface area contributed by atoms with Crippen LogP contribution in [0.2, 0.25) is 0 Å². The number of aliphatic hydroxyl groups is 1. The number of aromatic nitrogens is 1. The average molecular weight is 265 g/mol. The number of nitrogens with zero attached hydrogens (tertiary/aromatic N) is 1. The van der Waals surface area contributed by atoms with E-state index in [9.17, 15) is 0 Å². The van der Waals surface area contributed by atoms with Gasteiger partial charge < -0.3 is 14.6 Å². The van der Waals surface area contributed by atoms with Gasteiger partial charge in [0.05, 0.1) is 19.4 Å². The topological polar surface area (TPSA) is 51.6 Å². The van der Waals surface area contributed by atoms with Crippen LogP contribution in [-0.4, -0.2) is 17.2 Å². The van der Waals surface area contributed by atoms with E-state index in [-0.39, 0.29) is 6.61 Å². The Morgan fingerprint density at radius 3 is 2.78 bits per heavy atom. The number of methoxy groups -OCH3 is 1. The van der Waals surface area contributed by atoms with Gasteiger partial charge in [0.25, 0.3) is 5.19 Å². The molecule has 0 saturated heterocycles. The highest BCUT2D eigenvalue weighted by Gasteiger charge is 2.09. The molecule has 1 heterocycles. The number of ether oxygens (including phenoxy) is 2. The number of thiazole rings is 1. The van der Waals surface area contributed by atoms with Gasteiger partial charge in [-0.1, -0.05) is 24.3 Å². The Hall–Kier alpha value is -1.59. The van der Waals surface area contributed by atoms with Crippen LogP contribution in [-0.2, 0) is 13.0 Å². The molecule has 1 aromatic carbocycles. The van der Waals surface area contributed by atoms with Crippen LogP contribution in [0.4, 0.5) is 0 Å². The van der Waals surface area contributed by atoms with Crippen LogP contribution in [0.15, 0.2) is 23.6 Å². The number of rotatable bonds is 5. The molecule has 0 radical (unpaired) electrons. The molecular formula is C13H15NO3S. The Balaban J connectivity index is 2.22. The smallest absolute Gasteiger partial charge is 0.279 e. The molecule has 96 valence electrons. The minimum Gasteiger partial charge on any atom is -0.493 e. The first-order valence-electron chi connectivity index (χ1n) is 5.66. The summed E-state index contributed by atoms with van der Waals surface area (Å²) in [5, 5.41) is 11.6. The van der Waals surface area contributed by atoms with E-state index < -0.39 is 0 Å². The maximum absolute atomic E-state index is 9.07. The molecular weight excluding hydrogens is 250 g/mol. The molecule has 18 heavy (non-hydrogen) atoms. The molecule has 4 nitrogen and oxygen atoms in total. The molecule has 5 heteroatoms. The monoisotopic (exact) mass is 265 g/mol. The van der Waals surface area contributed by atoms with Crippen molar-refractivity contribution < 1.29 is 14.6 Å². The summed E-state index contributed by atoms with van der Waals surface area (Å²) in [6.45, 7) is 2.03. The molecule has 0 amide bonds. The SMILES string of the molecule is CCc1csc(Oc2ccc(CO)cc2OC)n1. The molecule has 1 aromatic heterocycles. The van der Waals surface area contributed by atoms with Crippen molar-refractivity contribution in [3.05, 3.63) is 34.8 Å². The molecule has 0 aliphatic rings. The van der Waals surface area contributed by atoms with Gasteiger partial charge in [0, 0.05) is 5.38 Å². The van der Waals surface area contributed by atoms with Gasteiger partial charge in [-0.05, 0) is 24.1 Å². The molecule has 2 rings (SSSR count). The minimum atomic E-state index is -0.0200. The maximum Gasteiger partial charge on any atom is 0.279 e. The maximum atomic E-state index is 9.07. The largest absolute Gasteiger partial charge is 0.493 e. The van der Waals surface area contributed by atoms with Gasteiger partial charge in [-0.25, -0.2) is 4.98 Å². The molecule has 0 aliphatic carbocycles. The van der Waals surface area contributed by atoms with Gasteiger partial charge in [-0.15, -0.1) is 0 Å². The Bertz CT molecular complexity index is 525. The molecule has 0 unspecified atom stereocenters. The van der Waals surface area contributed by atoms with Crippen molar-refractivity contribution in [1.29, 1.82) is 0 Å². The molecule has 0 aliphatic heterocycles. The van der Waals surface area contributed by atoms with E-state index in [1.54, 1.807) is 25.3 Å². The second-order valence-electron chi connectivity index (χ2n) is 3.70. The zero-order chi connectivity index (χ0) is 13.0. The predicted molar refractivity (Wildman–Crippen MR) is 70.5 cm³/mol. The predicted octanol–water partition coefficient (Wildman–Crippen LogP) is 3.00. The summed E-state index contributed by atoms with van der Waals surface area (Å²) in [6, 6.07) is 5.33. The molecule has 0 fully saturated rings. The number of aliphatic hydroxyl groups excluding tert-OH is 1. The van der Waals surface area contributed by atoms with Crippen molar-refractivity contribution in [2.45, 2.75) is 20.0 Å². The fourth-order valence-corrected chi connectivity index (χ4v) is 2.25. The van der Waals surface area contributed by atoms with Crippen molar-refractivity contribution >= 4 is 11.3 Å². The fourth-order valence-electron chi connectivity index (χ4n) is 1.49. The quantitative estimate of drug-likeness (QED) is 0.903. The molecule has 0 saturated carbocycles. The van der Waals surface area contributed by atoms with E-state index in [4.69, 9.17) is 14.6 Å².